The van der Waals surface area contributed by atoms with E-state index in [4.69, 9.17) is 11.6 Å². The summed E-state index contributed by atoms with van der Waals surface area (Å²) in [7, 11) is 0. The highest BCUT2D eigenvalue weighted by atomic mass is 35.5. The summed E-state index contributed by atoms with van der Waals surface area (Å²) in [6, 6.07) is 21.6. The van der Waals surface area contributed by atoms with E-state index in [2.05, 4.69) is 35.6 Å². The molecule has 0 amide bonds. The maximum Gasteiger partial charge on any atom is 0.269 e. The van der Waals surface area contributed by atoms with Crippen molar-refractivity contribution >= 4 is 23.0 Å². The number of fused-ring (bicyclic) bond motifs is 5. The molecule has 4 nitrogen and oxygen atoms in total. The van der Waals surface area contributed by atoms with Gasteiger partial charge in [0.1, 0.15) is 0 Å². The molecule has 5 rings (SSSR count). The standard InChI is InChI=1S/C22H17ClN2O2/c23-15-6-3-5-14(10-15)22-19-11-13-4-1-2-7-17(13)21(19)18-12-16(25(26)27)8-9-20(18)24-22/h1-10,12,19,21-22,24H,11H2/t19-,21-,22+/m0/s1. The van der Waals surface area contributed by atoms with Crippen molar-refractivity contribution in [2.45, 2.75) is 18.4 Å². The van der Waals surface area contributed by atoms with Crippen molar-refractivity contribution in [2.24, 2.45) is 5.92 Å². The Morgan fingerprint density at radius 2 is 1.85 bits per heavy atom. The molecular formula is C22H17ClN2O2. The minimum atomic E-state index is -0.320. The summed E-state index contributed by atoms with van der Waals surface area (Å²) in [6.07, 6.45) is 0.938. The molecule has 0 saturated carbocycles. The Morgan fingerprint density at radius 3 is 2.67 bits per heavy atom. The zero-order chi connectivity index (χ0) is 18.5. The van der Waals surface area contributed by atoms with Crippen LogP contribution in [0.2, 0.25) is 5.02 Å². The second-order valence-electron chi connectivity index (χ2n) is 7.25. The first-order valence-corrected chi connectivity index (χ1v) is 9.38. The lowest BCUT2D eigenvalue weighted by atomic mass is 9.75. The van der Waals surface area contributed by atoms with Crippen molar-refractivity contribution in [3.8, 4) is 0 Å². The minimum Gasteiger partial charge on any atom is -0.378 e. The van der Waals surface area contributed by atoms with Crippen LogP contribution in [0.1, 0.15) is 34.2 Å². The molecular weight excluding hydrogens is 360 g/mol. The summed E-state index contributed by atoms with van der Waals surface area (Å²) in [5.74, 6) is 0.428. The number of nitrogens with zero attached hydrogens (tertiary/aromatic N) is 1. The number of halogens is 1. The van der Waals surface area contributed by atoms with Gasteiger partial charge in [0, 0.05) is 28.8 Å². The molecule has 3 aromatic carbocycles. The highest BCUT2D eigenvalue weighted by molar-refractivity contribution is 6.30. The third-order valence-electron chi connectivity index (χ3n) is 5.80. The third-order valence-corrected chi connectivity index (χ3v) is 6.04. The molecule has 0 saturated heterocycles. The molecule has 0 fully saturated rings. The molecule has 134 valence electrons. The molecule has 3 aromatic rings. The Hall–Kier alpha value is -2.85. The average molecular weight is 377 g/mol. The van der Waals surface area contributed by atoms with Gasteiger partial charge in [-0.05, 0) is 52.8 Å². The summed E-state index contributed by atoms with van der Waals surface area (Å²) >= 11 is 6.25. The molecule has 1 heterocycles. The number of nitro benzene ring substituents is 1. The van der Waals surface area contributed by atoms with Gasteiger partial charge in [0.05, 0.1) is 11.0 Å². The van der Waals surface area contributed by atoms with Gasteiger partial charge in [-0.1, -0.05) is 48.0 Å². The van der Waals surface area contributed by atoms with Gasteiger partial charge in [0.2, 0.25) is 0 Å². The van der Waals surface area contributed by atoms with Crippen LogP contribution in [0.4, 0.5) is 11.4 Å². The highest BCUT2D eigenvalue weighted by Crippen LogP contribution is 2.54. The largest absolute Gasteiger partial charge is 0.378 e. The topological polar surface area (TPSA) is 55.2 Å². The van der Waals surface area contributed by atoms with Gasteiger partial charge < -0.3 is 5.32 Å². The van der Waals surface area contributed by atoms with Crippen LogP contribution >= 0.6 is 11.6 Å². The van der Waals surface area contributed by atoms with Crippen molar-refractivity contribution in [3.05, 3.63) is 104 Å². The predicted octanol–water partition coefficient (Wildman–Crippen LogP) is 5.72. The number of anilines is 1. The molecule has 1 N–H and O–H groups in total. The van der Waals surface area contributed by atoms with Crippen molar-refractivity contribution < 1.29 is 4.92 Å². The zero-order valence-corrected chi connectivity index (χ0v) is 15.2. The van der Waals surface area contributed by atoms with Crippen molar-refractivity contribution in [3.63, 3.8) is 0 Å². The normalized spacial score (nSPS) is 22.3. The van der Waals surface area contributed by atoms with Crippen molar-refractivity contribution in [2.75, 3.05) is 5.32 Å². The lowest BCUT2D eigenvalue weighted by Gasteiger charge is -2.38. The van der Waals surface area contributed by atoms with Crippen molar-refractivity contribution in [1.82, 2.24) is 0 Å². The zero-order valence-electron chi connectivity index (χ0n) is 14.4. The molecule has 0 radical (unpaired) electrons. The fourth-order valence-electron chi connectivity index (χ4n) is 4.69. The Bertz CT molecular complexity index is 1070. The predicted molar refractivity (Wildman–Crippen MR) is 106 cm³/mol. The monoisotopic (exact) mass is 376 g/mol. The summed E-state index contributed by atoms with van der Waals surface area (Å²) < 4.78 is 0. The van der Waals surface area contributed by atoms with E-state index in [1.807, 2.05) is 24.3 Å². The lowest BCUT2D eigenvalue weighted by molar-refractivity contribution is -0.384. The molecule has 27 heavy (non-hydrogen) atoms. The molecule has 0 spiro atoms. The Morgan fingerprint density at radius 1 is 1.00 bits per heavy atom. The number of non-ortho nitro benzene ring substituents is 1. The Kier molecular flexibility index (Phi) is 3.69. The van der Waals surface area contributed by atoms with E-state index >= 15 is 0 Å². The summed E-state index contributed by atoms with van der Waals surface area (Å²) in [5.41, 5.74) is 5.86. The fourth-order valence-corrected chi connectivity index (χ4v) is 4.89. The number of nitrogens with one attached hydrogen (secondary N) is 1. The van der Waals surface area contributed by atoms with Gasteiger partial charge in [-0.25, -0.2) is 0 Å². The highest BCUT2D eigenvalue weighted by Gasteiger charge is 2.43. The number of nitro groups is 1. The molecule has 1 aliphatic heterocycles. The average Bonchev–Trinajstić information content (AvgIpc) is 3.06. The maximum absolute atomic E-state index is 11.3. The molecule has 0 unspecified atom stereocenters. The molecule has 0 aromatic heterocycles. The number of rotatable bonds is 2. The Labute approximate surface area is 161 Å². The van der Waals surface area contributed by atoms with Gasteiger partial charge in [-0.15, -0.1) is 0 Å². The smallest absolute Gasteiger partial charge is 0.269 e. The maximum atomic E-state index is 11.3. The number of hydrogen-bond acceptors (Lipinski definition) is 3. The van der Waals surface area contributed by atoms with E-state index in [-0.39, 0.29) is 28.5 Å². The summed E-state index contributed by atoms with van der Waals surface area (Å²) in [6.45, 7) is 0. The van der Waals surface area contributed by atoms with Gasteiger partial charge in [0.15, 0.2) is 0 Å². The minimum absolute atomic E-state index is 0.107. The second-order valence-corrected chi connectivity index (χ2v) is 7.69. The SMILES string of the molecule is O=[N+]([O-])c1ccc2c(c1)[C@@H]1c3ccccc3C[C@@H]1[C@@H](c1cccc(Cl)c1)N2. The van der Waals surface area contributed by atoms with Gasteiger partial charge in [0.25, 0.3) is 5.69 Å². The number of hydrogen-bond donors (Lipinski definition) is 1. The first-order chi connectivity index (χ1) is 13.1. The van der Waals surface area contributed by atoms with Gasteiger partial charge >= 0.3 is 0 Å². The van der Waals surface area contributed by atoms with Gasteiger partial charge in [-0.3, -0.25) is 10.1 Å². The van der Waals surface area contributed by atoms with Crippen LogP contribution < -0.4 is 5.32 Å². The summed E-state index contributed by atoms with van der Waals surface area (Å²) in [5, 5.41) is 15.7. The van der Waals surface area contributed by atoms with E-state index < -0.39 is 0 Å². The van der Waals surface area contributed by atoms with E-state index in [1.54, 1.807) is 12.1 Å². The van der Waals surface area contributed by atoms with Crippen LogP contribution in [-0.2, 0) is 6.42 Å². The fraction of sp³-hybridized carbons (Fsp3) is 0.182. The Balaban J connectivity index is 1.69. The van der Waals surface area contributed by atoms with Gasteiger partial charge in [-0.2, -0.15) is 0 Å². The molecule has 3 atom stereocenters. The van der Waals surface area contributed by atoms with Crippen LogP contribution in [0.25, 0.3) is 0 Å². The second kappa shape index (κ2) is 6.10. The molecule has 2 aliphatic rings. The summed E-state index contributed by atoms with van der Waals surface area (Å²) in [4.78, 5) is 11.0. The van der Waals surface area contributed by atoms with Crippen LogP contribution in [0, 0.1) is 16.0 Å². The lowest BCUT2D eigenvalue weighted by Crippen LogP contribution is -2.30. The van der Waals surface area contributed by atoms with Crippen LogP contribution in [0.5, 0.6) is 0 Å². The first kappa shape index (κ1) is 16.3. The van der Waals surface area contributed by atoms with E-state index in [1.165, 1.54) is 11.1 Å². The van der Waals surface area contributed by atoms with Crippen molar-refractivity contribution in [1.29, 1.82) is 0 Å². The molecule has 0 bridgehead atoms. The third kappa shape index (κ3) is 2.60. The first-order valence-electron chi connectivity index (χ1n) is 9.00. The van der Waals surface area contributed by atoms with E-state index in [0.29, 0.717) is 0 Å². The van der Waals surface area contributed by atoms with Crippen LogP contribution in [-0.4, -0.2) is 4.92 Å². The van der Waals surface area contributed by atoms with Crippen LogP contribution in [0.3, 0.4) is 0 Å². The molecule has 5 heteroatoms. The molecule has 1 aliphatic carbocycles. The quantitative estimate of drug-likeness (QED) is 0.459. The van der Waals surface area contributed by atoms with E-state index in [9.17, 15) is 10.1 Å². The van der Waals surface area contributed by atoms with Crippen LogP contribution in [0.15, 0.2) is 66.7 Å². The number of benzene rings is 3. The van der Waals surface area contributed by atoms with E-state index in [0.717, 1.165) is 28.3 Å².